The number of nitrogens with one attached hydrogen (secondary N) is 1. The smallest absolute Gasteiger partial charge is 0.294 e. The molecule has 0 saturated carbocycles. The number of amides is 3. The van der Waals surface area contributed by atoms with Crippen LogP contribution in [0.25, 0.3) is 6.08 Å². The summed E-state index contributed by atoms with van der Waals surface area (Å²) >= 11 is 0.843. The van der Waals surface area contributed by atoms with Crippen LogP contribution in [0.2, 0.25) is 0 Å². The Labute approximate surface area is 161 Å². The van der Waals surface area contributed by atoms with E-state index in [1.807, 2.05) is 61.5 Å². The van der Waals surface area contributed by atoms with Gasteiger partial charge >= 0.3 is 0 Å². The van der Waals surface area contributed by atoms with Crippen molar-refractivity contribution in [2.45, 2.75) is 0 Å². The molecule has 138 valence electrons. The maximum Gasteiger partial charge on any atom is 0.294 e. The van der Waals surface area contributed by atoms with Gasteiger partial charge in [-0.05, 0) is 47.7 Å². The van der Waals surface area contributed by atoms with Gasteiger partial charge in [0.05, 0.1) is 4.91 Å². The van der Waals surface area contributed by atoms with E-state index in [2.05, 4.69) is 5.32 Å². The Morgan fingerprint density at radius 1 is 1.07 bits per heavy atom. The molecule has 1 aliphatic heterocycles. The minimum atomic E-state index is -0.452. The maximum absolute atomic E-state index is 12.5. The quantitative estimate of drug-likeness (QED) is 0.804. The number of benzene rings is 2. The molecule has 0 aromatic heterocycles. The highest BCUT2D eigenvalue weighted by molar-refractivity contribution is 8.18. The van der Waals surface area contributed by atoms with Crippen molar-refractivity contribution in [2.75, 3.05) is 30.9 Å². The summed E-state index contributed by atoms with van der Waals surface area (Å²) in [6.45, 7) is -0.313. The minimum absolute atomic E-state index is 0.313. The largest absolute Gasteiger partial charge is 0.378 e. The molecule has 0 bridgehead atoms. The van der Waals surface area contributed by atoms with Crippen LogP contribution in [0.15, 0.2) is 59.5 Å². The lowest BCUT2D eigenvalue weighted by Gasteiger charge is -2.14. The van der Waals surface area contributed by atoms with Crippen molar-refractivity contribution in [1.82, 2.24) is 4.90 Å². The Hall–Kier alpha value is -3.06. The van der Waals surface area contributed by atoms with Gasteiger partial charge in [0, 0.05) is 25.5 Å². The first-order valence-corrected chi connectivity index (χ1v) is 9.13. The van der Waals surface area contributed by atoms with Crippen molar-refractivity contribution in [2.24, 2.45) is 0 Å². The summed E-state index contributed by atoms with van der Waals surface area (Å²) < 4.78 is 0. The Morgan fingerprint density at radius 2 is 1.74 bits per heavy atom. The molecule has 1 N–H and O–H groups in total. The van der Waals surface area contributed by atoms with E-state index in [1.54, 1.807) is 18.2 Å². The van der Waals surface area contributed by atoms with E-state index in [0.29, 0.717) is 10.6 Å². The van der Waals surface area contributed by atoms with E-state index >= 15 is 0 Å². The molecule has 0 aliphatic carbocycles. The van der Waals surface area contributed by atoms with Crippen molar-refractivity contribution in [3.05, 3.63) is 65.1 Å². The van der Waals surface area contributed by atoms with Gasteiger partial charge in [-0.15, -0.1) is 0 Å². The number of thioether (sulfide) groups is 1. The first-order valence-electron chi connectivity index (χ1n) is 8.32. The molecule has 1 heterocycles. The van der Waals surface area contributed by atoms with Crippen LogP contribution in [0.4, 0.5) is 16.2 Å². The highest BCUT2D eigenvalue weighted by atomic mass is 32.2. The molecule has 7 heteroatoms. The van der Waals surface area contributed by atoms with E-state index < -0.39 is 17.1 Å². The van der Waals surface area contributed by atoms with E-state index in [4.69, 9.17) is 0 Å². The number of hydrogen-bond acceptors (Lipinski definition) is 5. The fourth-order valence-electron chi connectivity index (χ4n) is 2.52. The molecule has 0 atom stereocenters. The lowest BCUT2D eigenvalue weighted by atomic mass is 10.2. The number of hydrogen-bond donors (Lipinski definition) is 1. The van der Waals surface area contributed by atoms with Gasteiger partial charge in [0.2, 0.25) is 5.91 Å². The molecule has 6 nitrogen and oxygen atoms in total. The number of imide groups is 1. The minimum Gasteiger partial charge on any atom is -0.378 e. The Bertz CT molecular complexity index is 892. The van der Waals surface area contributed by atoms with Crippen molar-refractivity contribution >= 4 is 46.3 Å². The molecule has 1 saturated heterocycles. The van der Waals surface area contributed by atoms with E-state index in [1.165, 1.54) is 0 Å². The van der Waals surface area contributed by atoms with Crippen LogP contribution >= 0.6 is 11.8 Å². The summed E-state index contributed by atoms with van der Waals surface area (Å²) in [5, 5.41) is 2.26. The predicted octanol–water partition coefficient (Wildman–Crippen LogP) is 3.43. The summed E-state index contributed by atoms with van der Waals surface area (Å²) in [5.41, 5.74) is 2.44. The lowest BCUT2D eigenvalue weighted by molar-refractivity contribution is -0.127. The van der Waals surface area contributed by atoms with Crippen LogP contribution in [0.5, 0.6) is 0 Å². The topological polar surface area (TPSA) is 69.7 Å². The van der Waals surface area contributed by atoms with Crippen LogP contribution in [0.1, 0.15) is 5.56 Å². The second kappa shape index (κ2) is 8.09. The first-order chi connectivity index (χ1) is 12.9. The average Bonchev–Trinajstić information content (AvgIpc) is 2.90. The second-order valence-corrected chi connectivity index (χ2v) is 7.16. The Balaban J connectivity index is 1.64. The molecule has 2 aromatic rings. The Morgan fingerprint density at radius 3 is 2.37 bits per heavy atom. The van der Waals surface area contributed by atoms with Gasteiger partial charge in [0.1, 0.15) is 6.54 Å². The zero-order valence-corrected chi connectivity index (χ0v) is 15.8. The van der Waals surface area contributed by atoms with Crippen molar-refractivity contribution in [3.63, 3.8) is 0 Å². The predicted molar refractivity (Wildman–Crippen MR) is 109 cm³/mol. The van der Waals surface area contributed by atoms with Crippen LogP contribution in [-0.2, 0) is 9.59 Å². The molecule has 3 amide bonds. The molecule has 1 fully saturated rings. The van der Waals surface area contributed by atoms with Crippen LogP contribution in [-0.4, -0.2) is 42.6 Å². The van der Waals surface area contributed by atoms with Crippen molar-refractivity contribution < 1.29 is 14.4 Å². The van der Waals surface area contributed by atoms with Gasteiger partial charge in [0.15, 0.2) is 0 Å². The van der Waals surface area contributed by atoms with Gasteiger partial charge < -0.3 is 10.2 Å². The molecular weight excluding hydrogens is 362 g/mol. The molecule has 27 heavy (non-hydrogen) atoms. The highest BCUT2D eigenvalue weighted by Gasteiger charge is 2.36. The second-order valence-electron chi connectivity index (χ2n) is 6.17. The van der Waals surface area contributed by atoms with E-state index in [9.17, 15) is 14.4 Å². The van der Waals surface area contributed by atoms with E-state index in [0.717, 1.165) is 27.9 Å². The number of nitrogens with zero attached hydrogens (tertiary/aromatic N) is 2. The monoisotopic (exact) mass is 381 g/mol. The zero-order chi connectivity index (χ0) is 19.4. The summed E-state index contributed by atoms with van der Waals surface area (Å²) in [7, 11) is 3.85. The van der Waals surface area contributed by atoms with Crippen LogP contribution < -0.4 is 10.2 Å². The summed E-state index contributed by atoms with van der Waals surface area (Å²) in [6.07, 6.45) is 1.66. The van der Waals surface area contributed by atoms with Crippen molar-refractivity contribution in [3.8, 4) is 0 Å². The van der Waals surface area contributed by atoms with Gasteiger partial charge in [-0.25, -0.2) is 0 Å². The number of rotatable bonds is 5. The third-order valence-corrected chi connectivity index (χ3v) is 4.85. The number of carbonyl (C=O) groups excluding carboxylic acids is 3. The SMILES string of the molecule is CN(C)c1ccc(NC(=O)CN2C(=O)S/C(=C/c3ccccc3)C2=O)cc1. The molecule has 2 aromatic carbocycles. The van der Waals surface area contributed by atoms with Gasteiger partial charge in [0.25, 0.3) is 11.1 Å². The average molecular weight is 381 g/mol. The number of anilines is 2. The number of carbonyl (C=O) groups is 3. The molecule has 3 rings (SSSR count). The fraction of sp³-hybridized carbons (Fsp3) is 0.150. The lowest BCUT2D eigenvalue weighted by Crippen LogP contribution is -2.36. The fourth-order valence-corrected chi connectivity index (χ4v) is 3.36. The summed E-state index contributed by atoms with van der Waals surface area (Å²) in [5.74, 6) is -0.872. The standard InChI is InChI=1S/C20H19N3O3S/c1-22(2)16-10-8-15(9-11-16)21-18(24)13-23-19(25)17(27-20(23)26)12-14-6-4-3-5-7-14/h3-12H,13H2,1-2H3,(H,21,24)/b17-12+. The van der Waals surface area contributed by atoms with Crippen LogP contribution in [0, 0.1) is 0 Å². The zero-order valence-electron chi connectivity index (χ0n) is 15.0. The van der Waals surface area contributed by atoms with Crippen LogP contribution in [0.3, 0.4) is 0 Å². The highest BCUT2D eigenvalue weighted by Crippen LogP contribution is 2.32. The molecule has 0 spiro atoms. The summed E-state index contributed by atoms with van der Waals surface area (Å²) in [4.78, 5) is 40.1. The molecule has 1 aliphatic rings. The molecule has 0 unspecified atom stereocenters. The van der Waals surface area contributed by atoms with Gasteiger partial charge in [-0.2, -0.15) is 0 Å². The third-order valence-electron chi connectivity index (χ3n) is 3.94. The summed E-state index contributed by atoms with van der Waals surface area (Å²) in [6, 6.07) is 16.6. The van der Waals surface area contributed by atoms with Gasteiger partial charge in [-0.1, -0.05) is 30.3 Å². The Kier molecular flexibility index (Phi) is 5.61. The molecular formula is C20H19N3O3S. The normalized spacial score (nSPS) is 15.3. The first kappa shape index (κ1) is 18.7. The molecule has 0 radical (unpaired) electrons. The third kappa shape index (κ3) is 4.57. The van der Waals surface area contributed by atoms with Gasteiger partial charge in [-0.3, -0.25) is 19.3 Å². The van der Waals surface area contributed by atoms with Crippen molar-refractivity contribution in [1.29, 1.82) is 0 Å². The maximum atomic E-state index is 12.5. The van der Waals surface area contributed by atoms with E-state index in [-0.39, 0.29) is 6.54 Å².